The molecule has 2 aromatic rings. The number of nitrogens with zero attached hydrogens (tertiary/aromatic N) is 4. The fourth-order valence-electron chi connectivity index (χ4n) is 3.29. The first-order chi connectivity index (χ1) is 12.1. The zero-order valence-corrected chi connectivity index (χ0v) is 15.9. The van der Waals surface area contributed by atoms with Crippen molar-refractivity contribution in [3.63, 3.8) is 0 Å². The highest BCUT2D eigenvalue weighted by atomic mass is 35.5. The zero-order valence-electron chi connectivity index (χ0n) is 15.1. The second kappa shape index (κ2) is 8.34. The Morgan fingerprint density at radius 2 is 2.20 bits per heavy atom. The molecule has 0 saturated carbocycles. The summed E-state index contributed by atoms with van der Waals surface area (Å²) < 4.78 is 2.04. The predicted molar refractivity (Wildman–Crippen MR) is 98.4 cm³/mol. The molecule has 0 saturated heterocycles. The SMILES string of the molecule is CCCCc1nc(Cl)c(CN2CCCn3nc(C(O)CC)cc3C2)[nH]1. The van der Waals surface area contributed by atoms with Crippen LogP contribution in [-0.4, -0.2) is 36.3 Å². The standard InChI is InChI=1S/C18H28ClN5O/c1-3-5-7-17-20-15(18(19)21-17)12-23-8-6-9-24-13(11-23)10-14(22-24)16(25)4-2/h10,16,25H,3-9,11-12H2,1-2H3,(H,20,21). The van der Waals surface area contributed by atoms with Crippen LogP contribution in [-0.2, 0) is 26.1 Å². The lowest BCUT2D eigenvalue weighted by Gasteiger charge is -2.18. The van der Waals surface area contributed by atoms with Crippen molar-refractivity contribution in [1.82, 2.24) is 24.6 Å². The Morgan fingerprint density at radius 3 is 2.96 bits per heavy atom. The van der Waals surface area contributed by atoms with Gasteiger partial charge >= 0.3 is 0 Å². The summed E-state index contributed by atoms with van der Waals surface area (Å²) in [6.45, 7) is 7.60. The van der Waals surface area contributed by atoms with Crippen LogP contribution >= 0.6 is 11.6 Å². The number of aliphatic hydroxyl groups is 1. The first-order valence-corrected chi connectivity index (χ1v) is 9.68. The molecule has 0 bridgehead atoms. The number of aromatic amines is 1. The number of aromatic nitrogens is 4. The molecule has 1 atom stereocenters. The van der Waals surface area contributed by atoms with Crippen molar-refractivity contribution in [1.29, 1.82) is 0 Å². The summed E-state index contributed by atoms with van der Waals surface area (Å²) in [6, 6.07) is 2.04. The fourth-order valence-corrected chi connectivity index (χ4v) is 3.50. The topological polar surface area (TPSA) is 70.0 Å². The molecule has 1 aliphatic heterocycles. The van der Waals surface area contributed by atoms with Gasteiger partial charge in [0, 0.05) is 32.6 Å². The minimum absolute atomic E-state index is 0.476. The smallest absolute Gasteiger partial charge is 0.151 e. The minimum atomic E-state index is -0.476. The highest BCUT2D eigenvalue weighted by Crippen LogP contribution is 2.22. The van der Waals surface area contributed by atoms with Gasteiger partial charge in [-0.1, -0.05) is 31.9 Å². The molecule has 3 rings (SSSR count). The number of fused-ring (bicyclic) bond motifs is 1. The van der Waals surface area contributed by atoms with Crippen molar-refractivity contribution in [2.75, 3.05) is 6.54 Å². The number of aryl methyl sites for hydroxylation is 2. The third-order valence-electron chi connectivity index (χ3n) is 4.77. The predicted octanol–water partition coefficient (Wildman–Crippen LogP) is 3.45. The van der Waals surface area contributed by atoms with E-state index in [0.717, 1.165) is 74.8 Å². The highest BCUT2D eigenvalue weighted by molar-refractivity contribution is 6.30. The lowest BCUT2D eigenvalue weighted by molar-refractivity contribution is 0.167. The molecule has 2 aromatic heterocycles. The van der Waals surface area contributed by atoms with Gasteiger partial charge in [-0.3, -0.25) is 9.58 Å². The first-order valence-electron chi connectivity index (χ1n) is 9.31. The second-order valence-electron chi connectivity index (χ2n) is 6.83. The van der Waals surface area contributed by atoms with Gasteiger partial charge in [-0.15, -0.1) is 0 Å². The minimum Gasteiger partial charge on any atom is -0.387 e. The average molecular weight is 366 g/mol. The summed E-state index contributed by atoms with van der Waals surface area (Å²) in [5, 5.41) is 15.2. The van der Waals surface area contributed by atoms with Crippen LogP contribution in [0.3, 0.4) is 0 Å². The molecular formula is C18H28ClN5O. The highest BCUT2D eigenvalue weighted by Gasteiger charge is 2.20. The zero-order chi connectivity index (χ0) is 17.8. The normalized spacial score (nSPS) is 16.6. The molecule has 0 aromatic carbocycles. The van der Waals surface area contributed by atoms with E-state index in [1.54, 1.807) is 0 Å². The molecular weight excluding hydrogens is 338 g/mol. The molecule has 0 aliphatic carbocycles. The van der Waals surface area contributed by atoms with Crippen molar-refractivity contribution in [2.24, 2.45) is 0 Å². The van der Waals surface area contributed by atoms with Gasteiger partial charge in [0.15, 0.2) is 5.15 Å². The second-order valence-corrected chi connectivity index (χ2v) is 7.19. The van der Waals surface area contributed by atoms with E-state index < -0.39 is 6.10 Å². The average Bonchev–Trinajstić information content (AvgIpc) is 3.10. The molecule has 2 N–H and O–H groups in total. The van der Waals surface area contributed by atoms with Crippen LogP contribution in [0.5, 0.6) is 0 Å². The number of H-pyrrole nitrogens is 1. The molecule has 25 heavy (non-hydrogen) atoms. The molecule has 1 unspecified atom stereocenters. The van der Waals surface area contributed by atoms with Crippen LogP contribution in [0.25, 0.3) is 0 Å². The number of hydrogen-bond donors (Lipinski definition) is 2. The summed E-state index contributed by atoms with van der Waals surface area (Å²) in [7, 11) is 0. The van der Waals surface area contributed by atoms with E-state index in [-0.39, 0.29) is 0 Å². The van der Waals surface area contributed by atoms with Gasteiger partial charge in [0.25, 0.3) is 0 Å². The van der Waals surface area contributed by atoms with Crippen LogP contribution in [0.15, 0.2) is 6.07 Å². The summed E-state index contributed by atoms with van der Waals surface area (Å²) in [5.74, 6) is 0.982. The van der Waals surface area contributed by atoms with Crippen molar-refractivity contribution < 1.29 is 5.11 Å². The van der Waals surface area contributed by atoms with Gasteiger partial charge in [-0.05, 0) is 25.3 Å². The Kier molecular flexibility index (Phi) is 6.15. The molecule has 1 aliphatic rings. The Bertz CT molecular complexity index is 696. The monoisotopic (exact) mass is 365 g/mol. The van der Waals surface area contributed by atoms with Crippen LogP contribution in [0.2, 0.25) is 5.15 Å². The maximum absolute atomic E-state index is 10.0. The van der Waals surface area contributed by atoms with Gasteiger partial charge in [-0.2, -0.15) is 5.10 Å². The number of hydrogen-bond acceptors (Lipinski definition) is 4. The van der Waals surface area contributed by atoms with Gasteiger partial charge < -0.3 is 10.1 Å². The van der Waals surface area contributed by atoms with Gasteiger partial charge in [0.2, 0.25) is 0 Å². The van der Waals surface area contributed by atoms with Crippen molar-refractivity contribution >= 4 is 11.6 Å². The van der Waals surface area contributed by atoms with Crippen LogP contribution in [0.4, 0.5) is 0 Å². The van der Waals surface area contributed by atoms with E-state index >= 15 is 0 Å². The van der Waals surface area contributed by atoms with Gasteiger partial charge in [0.1, 0.15) is 5.82 Å². The lowest BCUT2D eigenvalue weighted by Crippen LogP contribution is -2.23. The molecule has 3 heterocycles. The van der Waals surface area contributed by atoms with E-state index in [4.69, 9.17) is 11.6 Å². The molecule has 0 fully saturated rings. The molecule has 0 spiro atoms. The Hall–Kier alpha value is -1.37. The number of aliphatic hydroxyl groups excluding tert-OH is 1. The quantitative estimate of drug-likeness (QED) is 0.788. The van der Waals surface area contributed by atoms with Crippen molar-refractivity contribution in [2.45, 2.75) is 71.7 Å². The van der Waals surface area contributed by atoms with E-state index in [1.807, 2.05) is 17.7 Å². The maximum atomic E-state index is 10.0. The number of rotatable bonds is 7. The number of nitrogens with one attached hydrogen (secondary N) is 1. The van der Waals surface area contributed by atoms with Crippen LogP contribution < -0.4 is 0 Å². The fraction of sp³-hybridized carbons (Fsp3) is 0.667. The summed E-state index contributed by atoms with van der Waals surface area (Å²) >= 11 is 6.33. The number of unbranched alkanes of at least 4 members (excludes halogenated alkanes) is 1. The summed E-state index contributed by atoms with van der Waals surface area (Å²) in [4.78, 5) is 10.2. The van der Waals surface area contributed by atoms with Crippen molar-refractivity contribution in [3.8, 4) is 0 Å². The van der Waals surface area contributed by atoms with Crippen molar-refractivity contribution in [3.05, 3.63) is 34.1 Å². The molecule has 0 amide bonds. The lowest BCUT2D eigenvalue weighted by atomic mass is 10.2. The maximum Gasteiger partial charge on any atom is 0.151 e. The summed E-state index contributed by atoms with van der Waals surface area (Å²) in [5.41, 5.74) is 2.93. The number of imidazole rings is 1. The Labute approximate surface area is 154 Å². The third-order valence-corrected chi connectivity index (χ3v) is 5.08. The van der Waals surface area contributed by atoms with Gasteiger partial charge in [0.05, 0.1) is 23.2 Å². The molecule has 0 radical (unpaired) electrons. The molecule has 6 nitrogen and oxygen atoms in total. The van der Waals surface area contributed by atoms with E-state index in [9.17, 15) is 5.11 Å². The van der Waals surface area contributed by atoms with Gasteiger partial charge in [-0.25, -0.2) is 4.98 Å². The Morgan fingerprint density at radius 1 is 1.36 bits per heavy atom. The molecule has 7 heteroatoms. The van der Waals surface area contributed by atoms with E-state index in [1.165, 1.54) is 0 Å². The summed E-state index contributed by atoms with van der Waals surface area (Å²) in [6.07, 6.45) is 4.46. The first kappa shape index (κ1) is 18.4. The van der Waals surface area contributed by atoms with E-state index in [2.05, 4.69) is 26.9 Å². The molecule has 138 valence electrons. The third kappa shape index (κ3) is 4.43. The largest absolute Gasteiger partial charge is 0.387 e. The number of halogens is 1. The van der Waals surface area contributed by atoms with E-state index in [0.29, 0.717) is 11.6 Å². The van der Waals surface area contributed by atoms with Crippen LogP contribution in [0, 0.1) is 0 Å². The Balaban J connectivity index is 1.69. The van der Waals surface area contributed by atoms with Crippen LogP contribution in [0.1, 0.15) is 68.5 Å².